The van der Waals surface area contributed by atoms with Crippen LogP contribution in [0.4, 0.5) is 11.4 Å². The van der Waals surface area contributed by atoms with Crippen molar-refractivity contribution < 1.29 is 14.3 Å². The summed E-state index contributed by atoms with van der Waals surface area (Å²) in [4.78, 5) is 11.6. The maximum absolute atomic E-state index is 11.6. The fourth-order valence-electron chi connectivity index (χ4n) is 4.28. The highest BCUT2D eigenvalue weighted by Gasteiger charge is 2.23. The monoisotopic (exact) mass is 448 g/mol. The molecular weight excluding hydrogens is 412 g/mol. The SMILES string of the molecule is C=C(C)C(=O)OCCCC(CC)c1ccc2c(CCCC(CC)Oc3ccccc3)c1N=N2. The predicted molar refractivity (Wildman–Crippen MR) is 133 cm³/mol. The van der Waals surface area contributed by atoms with Crippen LogP contribution in [0.3, 0.4) is 0 Å². The van der Waals surface area contributed by atoms with E-state index in [9.17, 15) is 4.79 Å². The van der Waals surface area contributed by atoms with Gasteiger partial charge in [-0.25, -0.2) is 4.79 Å². The van der Waals surface area contributed by atoms with Crippen LogP contribution in [0.1, 0.15) is 76.3 Å². The maximum atomic E-state index is 11.6. The number of fused-ring (bicyclic) bond motifs is 2. The molecule has 5 heteroatoms. The zero-order valence-electron chi connectivity index (χ0n) is 20.2. The van der Waals surface area contributed by atoms with Gasteiger partial charge < -0.3 is 9.47 Å². The van der Waals surface area contributed by atoms with Crippen molar-refractivity contribution in [1.82, 2.24) is 0 Å². The molecule has 0 aliphatic carbocycles. The van der Waals surface area contributed by atoms with E-state index in [0.29, 0.717) is 18.1 Å². The number of ether oxygens (including phenoxy) is 2. The summed E-state index contributed by atoms with van der Waals surface area (Å²) >= 11 is 0. The molecule has 5 nitrogen and oxygen atoms in total. The largest absolute Gasteiger partial charge is 0.490 e. The number of hydrogen-bond donors (Lipinski definition) is 0. The van der Waals surface area contributed by atoms with Crippen LogP contribution in [0.2, 0.25) is 0 Å². The van der Waals surface area contributed by atoms with Crippen molar-refractivity contribution in [3.05, 3.63) is 65.7 Å². The lowest BCUT2D eigenvalue weighted by Gasteiger charge is -2.19. The van der Waals surface area contributed by atoms with Gasteiger partial charge in [0.25, 0.3) is 0 Å². The normalized spacial score (nSPS) is 13.5. The summed E-state index contributed by atoms with van der Waals surface area (Å²) in [6.45, 7) is 10.1. The number of nitrogens with zero attached hydrogens (tertiary/aromatic N) is 2. The molecule has 1 aliphatic rings. The molecule has 0 aromatic heterocycles. The van der Waals surface area contributed by atoms with Crippen molar-refractivity contribution in [1.29, 1.82) is 0 Å². The van der Waals surface area contributed by atoms with E-state index in [4.69, 9.17) is 9.47 Å². The molecule has 0 fully saturated rings. The molecule has 2 unspecified atom stereocenters. The van der Waals surface area contributed by atoms with Crippen LogP contribution in [0.15, 0.2) is 64.8 Å². The standard InChI is InChI=1S/C28H36N2O3/c1-5-21(12-11-19-32-28(31)20(3)4)24-17-18-26-25(27(24)30-29-26)16-10-15-22(6-2)33-23-13-8-7-9-14-23/h7-9,13-14,17-18,21-22H,3,5-6,10-12,15-16,19H2,1-2,4H3. The number of azo groups is 1. The first-order chi connectivity index (χ1) is 16.0. The van der Waals surface area contributed by atoms with Crippen molar-refractivity contribution in [3.8, 4) is 5.75 Å². The highest BCUT2D eigenvalue weighted by molar-refractivity contribution is 5.86. The average Bonchev–Trinajstić information content (AvgIpc) is 3.09. The lowest BCUT2D eigenvalue weighted by molar-refractivity contribution is -0.139. The van der Waals surface area contributed by atoms with Gasteiger partial charge in [0.2, 0.25) is 0 Å². The van der Waals surface area contributed by atoms with Crippen molar-refractivity contribution in [3.63, 3.8) is 0 Å². The first-order valence-electron chi connectivity index (χ1n) is 12.1. The number of carbonyl (C=O) groups is 1. The van der Waals surface area contributed by atoms with Gasteiger partial charge in [-0.1, -0.05) is 44.7 Å². The second kappa shape index (κ2) is 12.3. The Hall–Kier alpha value is -2.95. The maximum Gasteiger partial charge on any atom is 0.333 e. The Morgan fingerprint density at radius 2 is 1.79 bits per heavy atom. The molecule has 3 rings (SSSR count). The van der Waals surface area contributed by atoms with Crippen LogP contribution in [-0.2, 0) is 16.0 Å². The summed E-state index contributed by atoms with van der Waals surface area (Å²) in [5, 5.41) is 8.96. The van der Waals surface area contributed by atoms with Gasteiger partial charge in [-0.15, -0.1) is 5.11 Å². The molecule has 0 N–H and O–H groups in total. The van der Waals surface area contributed by atoms with Crippen LogP contribution in [0, 0.1) is 0 Å². The van der Waals surface area contributed by atoms with Crippen LogP contribution >= 0.6 is 0 Å². The van der Waals surface area contributed by atoms with Gasteiger partial charge in [0, 0.05) is 11.1 Å². The zero-order valence-corrected chi connectivity index (χ0v) is 20.2. The third kappa shape index (κ3) is 6.77. The molecule has 0 amide bonds. The van der Waals surface area contributed by atoms with Gasteiger partial charge >= 0.3 is 5.97 Å². The van der Waals surface area contributed by atoms with Gasteiger partial charge in [-0.2, -0.15) is 5.11 Å². The first kappa shape index (κ1) is 24.7. The fraction of sp³-hybridized carbons (Fsp3) is 0.464. The van der Waals surface area contributed by atoms with E-state index in [0.717, 1.165) is 62.1 Å². The van der Waals surface area contributed by atoms with Crippen molar-refractivity contribution >= 4 is 17.3 Å². The first-order valence-corrected chi connectivity index (χ1v) is 12.1. The highest BCUT2D eigenvalue weighted by Crippen LogP contribution is 2.45. The fourth-order valence-corrected chi connectivity index (χ4v) is 4.28. The molecule has 1 aliphatic heterocycles. The van der Waals surface area contributed by atoms with E-state index in [1.165, 1.54) is 11.1 Å². The predicted octanol–water partition coefficient (Wildman–Crippen LogP) is 7.99. The molecule has 176 valence electrons. The van der Waals surface area contributed by atoms with Gasteiger partial charge in [-0.05, 0) is 81.5 Å². The van der Waals surface area contributed by atoms with E-state index < -0.39 is 0 Å². The Balaban J connectivity index is 1.57. The molecule has 0 radical (unpaired) electrons. The van der Waals surface area contributed by atoms with Crippen LogP contribution in [-0.4, -0.2) is 18.7 Å². The lowest BCUT2D eigenvalue weighted by Crippen LogP contribution is -2.15. The van der Waals surface area contributed by atoms with Gasteiger partial charge in [0.05, 0.1) is 24.1 Å². The Bertz CT molecular complexity index is 969. The lowest BCUT2D eigenvalue weighted by atomic mass is 9.88. The summed E-state index contributed by atoms with van der Waals surface area (Å²) < 4.78 is 11.4. The van der Waals surface area contributed by atoms with Crippen LogP contribution in [0.25, 0.3) is 0 Å². The molecule has 0 spiro atoms. The molecule has 2 atom stereocenters. The average molecular weight is 449 g/mol. The molecule has 1 heterocycles. The Labute approximate surface area is 197 Å². The van der Waals surface area contributed by atoms with E-state index in [1.54, 1.807) is 6.92 Å². The summed E-state index contributed by atoms with van der Waals surface area (Å²) in [6.07, 6.45) is 6.96. The Kier molecular flexibility index (Phi) is 9.23. The number of benzene rings is 2. The molecule has 2 bridgehead atoms. The molecular formula is C28H36N2O3. The number of carbonyl (C=O) groups excluding carboxylic acids is 1. The van der Waals surface area contributed by atoms with Gasteiger partial charge in [-0.3, -0.25) is 0 Å². The quantitative estimate of drug-likeness (QED) is 0.143. The molecule has 33 heavy (non-hydrogen) atoms. The second-order valence-electron chi connectivity index (χ2n) is 8.72. The van der Waals surface area contributed by atoms with E-state index in [1.807, 2.05) is 30.3 Å². The number of hydrogen-bond acceptors (Lipinski definition) is 5. The summed E-state index contributed by atoms with van der Waals surface area (Å²) in [6, 6.07) is 14.3. The van der Waals surface area contributed by atoms with Crippen molar-refractivity contribution in [2.24, 2.45) is 10.2 Å². The Morgan fingerprint density at radius 3 is 2.48 bits per heavy atom. The minimum atomic E-state index is -0.316. The number of rotatable bonds is 14. The molecule has 0 saturated heterocycles. The highest BCUT2D eigenvalue weighted by atomic mass is 16.5. The molecule has 2 aromatic rings. The molecule has 0 saturated carbocycles. The van der Waals surface area contributed by atoms with E-state index >= 15 is 0 Å². The minimum absolute atomic E-state index is 0.211. The van der Waals surface area contributed by atoms with Crippen LogP contribution < -0.4 is 4.74 Å². The third-order valence-corrected chi connectivity index (χ3v) is 6.21. The molecule has 2 aromatic carbocycles. The van der Waals surface area contributed by atoms with Gasteiger partial charge in [0.1, 0.15) is 5.75 Å². The van der Waals surface area contributed by atoms with Crippen LogP contribution in [0.5, 0.6) is 5.75 Å². The van der Waals surface area contributed by atoms with Crippen molar-refractivity contribution in [2.45, 2.75) is 77.7 Å². The summed E-state index contributed by atoms with van der Waals surface area (Å²) in [7, 11) is 0. The minimum Gasteiger partial charge on any atom is -0.490 e. The van der Waals surface area contributed by atoms with E-state index in [-0.39, 0.29) is 12.1 Å². The Morgan fingerprint density at radius 1 is 1.00 bits per heavy atom. The van der Waals surface area contributed by atoms with E-state index in [2.05, 4.69) is 42.8 Å². The number of esters is 1. The third-order valence-electron chi connectivity index (χ3n) is 6.21. The summed E-state index contributed by atoms with van der Waals surface area (Å²) in [5.41, 5.74) is 5.01. The van der Waals surface area contributed by atoms with Crippen molar-refractivity contribution in [2.75, 3.05) is 6.61 Å². The second-order valence-corrected chi connectivity index (χ2v) is 8.72. The zero-order chi connectivity index (χ0) is 23.6. The topological polar surface area (TPSA) is 60.2 Å². The van der Waals surface area contributed by atoms with Gasteiger partial charge in [0.15, 0.2) is 0 Å². The summed E-state index contributed by atoms with van der Waals surface area (Å²) in [5.74, 6) is 0.990. The smallest absolute Gasteiger partial charge is 0.333 e. The number of para-hydroxylation sites is 1.